The first-order chi connectivity index (χ1) is 8.16. The number of carbonyl (C=O) groups excluding carboxylic acids is 1. The molecule has 8 heteroatoms. The minimum absolute atomic E-state index is 0.501. The molecule has 0 spiro atoms. The smallest absolute Gasteiger partial charge is 0.316 e. The van der Waals surface area contributed by atoms with Crippen molar-refractivity contribution in [2.45, 2.75) is 0 Å². The van der Waals surface area contributed by atoms with Crippen molar-refractivity contribution < 1.29 is 4.79 Å². The van der Waals surface area contributed by atoms with Crippen molar-refractivity contribution in [1.29, 1.82) is 0 Å². The number of primary amides is 1. The number of urea groups is 1. The quantitative estimate of drug-likeness (QED) is 0.712. The fraction of sp³-hybridized carbons (Fsp3) is 0.111. The van der Waals surface area contributed by atoms with Crippen molar-refractivity contribution >= 4 is 23.4 Å². The van der Waals surface area contributed by atoms with E-state index in [-0.39, 0.29) is 0 Å². The molecule has 0 aliphatic carbocycles. The summed E-state index contributed by atoms with van der Waals surface area (Å²) in [4.78, 5) is 12.5. The lowest BCUT2D eigenvalue weighted by Gasteiger charge is -2.15. The topological polar surface area (TPSA) is 113 Å². The fourth-order valence-corrected chi connectivity index (χ4v) is 1.35. The van der Waals surface area contributed by atoms with E-state index in [0.29, 0.717) is 11.6 Å². The Hall–Kier alpha value is -2.64. The van der Waals surface area contributed by atoms with Crippen LogP contribution in [0.25, 0.3) is 0 Å². The van der Waals surface area contributed by atoms with E-state index in [2.05, 4.69) is 25.9 Å². The highest BCUT2D eigenvalue weighted by atomic mass is 16.2. The molecule has 88 valence electrons. The van der Waals surface area contributed by atoms with Crippen molar-refractivity contribution in [3.05, 3.63) is 24.3 Å². The highest BCUT2D eigenvalue weighted by Crippen LogP contribution is 2.22. The van der Waals surface area contributed by atoms with Gasteiger partial charge in [-0.05, 0) is 28.6 Å². The van der Waals surface area contributed by atoms with Gasteiger partial charge in [-0.25, -0.2) is 9.89 Å². The molecule has 0 saturated carbocycles. The van der Waals surface area contributed by atoms with Crippen LogP contribution in [0.4, 0.5) is 22.1 Å². The Morgan fingerprint density at radius 1 is 1.53 bits per heavy atom. The third kappa shape index (κ3) is 2.48. The van der Waals surface area contributed by atoms with Crippen LogP contribution in [0.3, 0.4) is 0 Å². The summed E-state index contributed by atoms with van der Waals surface area (Å²) in [6.07, 6.45) is 0. The molecule has 0 atom stereocenters. The number of H-pyrrole nitrogens is 1. The van der Waals surface area contributed by atoms with Gasteiger partial charge in [0.05, 0.1) is 0 Å². The number of rotatable bonds is 3. The highest BCUT2D eigenvalue weighted by molar-refractivity contribution is 5.88. The minimum Gasteiger partial charge on any atom is -0.351 e. The van der Waals surface area contributed by atoms with Crippen LogP contribution < -0.4 is 16.0 Å². The first kappa shape index (κ1) is 10.9. The van der Waals surface area contributed by atoms with Crippen LogP contribution in [0.1, 0.15) is 0 Å². The van der Waals surface area contributed by atoms with E-state index in [1.807, 2.05) is 6.07 Å². The standard InChI is InChI=1S/C9H11N7O/c1-16(9-12-14-15-13-9)7-4-2-3-6(5-7)11-8(10)17/h2-5H,1H3,(H3,10,11,17)(H,12,13,14,15). The van der Waals surface area contributed by atoms with E-state index in [4.69, 9.17) is 5.73 Å². The summed E-state index contributed by atoms with van der Waals surface area (Å²) >= 11 is 0. The Balaban J connectivity index is 2.24. The van der Waals surface area contributed by atoms with E-state index < -0.39 is 6.03 Å². The van der Waals surface area contributed by atoms with Crippen molar-refractivity contribution in [1.82, 2.24) is 20.6 Å². The summed E-state index contributed by atoms with van der Waals surface area (Å²) in [6.45, 7) is 0. The molecule has 0 bridgehead atoms. The van der Waals surface area contributed by atoms with Gasteiger partial charge in [0.2, 0.25) is 5.95 Å². The Morgan fingerprint density at radius 2 is 2.35 bits per heavy atom. The van der Waals surface area contributed by atoms with Crippen LogP contribution in [-0.4, -0.2) is 33.7 Å². The summed E-state index contributed by atoms with van der Waals surface area (Å²) in [5, 5.41) is 15.9. The van der Waals surface area contributed by atoms with Crippen molar-refractivity contribution in [2.75, 3.05) is 17.3 Å². The number of tetrazole rings is 1. The van der Waals surface area contributed by atoms with E-state index in [0.717, 1.165) is 5.69 Å². The number of nitrogens with one attached hydrogen (secondary N) is 2. The maximum Gasteiger partial charge on any atom is 0.316 e. The average molecular weight is 233 g/mol. The van der Waals surface area contributed by atoms with E-state index >= 15 is 0 Å². The number of nitrogens with zero attached hydrogens (tertiary/aromatic N) is 4. The van der Waals surface area contributed by atoms with Crippen LogP contribution in [0.2, 0.25) is 0 Å². The number of aromatic nitrogens is 4. The normalized spacial score (nSPS) is 9.94. The molecule has 0 fully saturated rings. The van der Waals surface area contributed by atoms with Gasteiger partial charge < -0.3 is 16.0 Å². The van der Waals surface area contributed by atoms with Gasteiger partial charge in [0.25, 0.3) is 0 Å². The molecule has 1 aromatic heterocycles. The summed E-state index contributed by atoms with van der Waals surface area (Å²) < 4.78 is 0. The van der Waals surface area contributed by atoms with Gasteiger partial charge in [0, 0.05) is 18.4 Å². The van der Waals surface area contributed by atoms with Crippen molar-refractivity contribution in [2.24, 2.45) is 5.73 Å². The predicted octanol–water partition coefficient (Wildman–Crippen LogP) is 0.458. The minimum atomic E-state index is -0.605. The zero-order valence-corrected chi connectivity index (χ0v) is 9.08. The molecular weight excluding hydrogens is 222 g/mol. The number of anilines is 3. The van der Waals surface area contributed by atoms with Crippen LogP contribution in [-0.2, 0) is 0 Å². The summed E-state index contributed by atoms with van der Waals surface area (Å²) in [7, 11) is 1.80. The third-order valence-corrected chi connectivity index (χ3v) is 2.15. The van der Waals surface area contributed by atoms with Crippen molar-refractivity contribution in [3.63, 3.8) is 0 Å². The molecule has 4 N–H and O–H groups in total. The first-order valence-corrected chi connectivity index (χ1v) is 4.81. The maximum atomic E-state index is 10.7. The van der Waals surface area contributed by atoms with Gasteiger partial charge in [-0.3, -0.25) is 0 Å². The van der Waals surface area contributed by atoms with Gasteiger partial charge in [0.1, 0.15) is 0 Å². The molecule has 0 unspecified atom stereocenters. The zero-order chi connectivity index (χ0) is 12.3. The summed E-state index contributed by atoms with van der Waals surface area (Å²) in [5.74, 6) is 0.501. The third-order valence-electron chi connectivity index (χ3n) is 2.15. The van der Waals surface area contributed by atoms with Gasteiger partial charge in [-0.1, -0.05) is 11.2 Å². The average Bonchev–Trinajstić information content (AvgIpc) is 2.81. The van der Waals surface area contributed by atoms with E-state index in [1.165, 1.54) is 0 Å². The lowest BCUT2D eigenvalue weighted by atomic mass is 10.2. The summed E-state index contributed by atoms with van der Waals surface area (Å²) in [6, 6.07) is 6.54. The molecule has 8 nitrogen and oxygen atoms in total. The number of nitrogens with two attached hydrogens (primary N) is 1. The molecule has 2 amide bonds. The highest BCUT2D eigenvalue weighted by Gasteiger charge is 2.08. The fourth-order valence-electron chi connectivity index (χ4n) is 1.35. The number of aromatic amines is 1. The lowest BCUT2D eigenvalue weighted by molar-refractivity contribution is 0.259. The molecule has 0 radical (unpaired) electrons. The number of carbonyl (C=O) groups is 1. The number of hydrogen-bond acceptors (Lipinski definition) is 5. The second-order valence-corrected chi connectivity index (χ2v) is 3.32. The molecule has 0 saturated heterocycles. The predicted molar refractivity (Wildman–Crippen MR) is 61.9 cm³/mol. The molecular formula is C9H11N7O. The maximum absolute atomic E-state index is 10.7. The van der Waals surface area contributed by atoms with Crippen LogP contribution in [0.5, 0.6) is 0 Å². The zero-order valence-electron chi connectivity index (χ0n) is 9.08. The molecule has 1 heterocycles. The second kappa shape index (κ2) is 4.47. The molecule has 17 heavy (non-hydrogen) atoms. The lowest BCUT2D eigenvalue weighted by Crippen LogP contribution is -2.19. The Kier molecular flexibility index (Phi) is 2.86. The second-order valence-electron chi connectivity index (χ2n) is 3.32. The monoisotopic (exact) mass is 233 g/mol. The summed E-state index contributed by atoms with van der Waals surface area (Å²) in [5.41, 5.74) is 6.46. The Labute approximate surface area is 96.8 Å². The van der Waals surface area contributed by atoms with Gasteiger partial charge in [0.15, 0.2) is 0 Å². The van der Waals surface area contributed by atoms with E-state index in [9.17, 15) is 4.79 Å². The van der Waals surface area contributed by atoms with Gasteiger partial charge in [-0.15, -0.1) is 0 Å². The Morgan fingerprint density at radius 3 is 3.00 bits per heavy atom. The largest absolute Gasteiger partial charge is 0.351 e. The molecule has 0 aliphatic rings. The van der Waals surface area contributed by atoms with Crippen LogP contribution >= 0.6 is 0 Å². The first-order valence-electron chi connectivity index (χ1n) is 4.81. The molecule has 1 aromatic carbocycles. The van der Waals surface area contributed by atoms with Crippen molar-refractivity contribution in [3.8, 4) is 0 Å². The SMILES string of the molecule is CN(c1cccc(NC(N)=O)c1)c1nnn[nH]1. The van der Waals surface area contributed by atoms with Gasteiger partial charge in [-0.2, -0.15) is 0 Å². The van der Waals surface area contributed by atoms with Crippen LogP contribution in [0.15, 0.2) is 24.3 Å². The number of hydrogen-bond donors (Lipinski definition) is 3. The molecule has 2 rings (SSSR count). The van der Waals surface area contributed by atoms with Gasteiger partial charge >= 0.3 is 6.03 Å². The molecule has 2 aromatic rings. The Bertz CT molecular complexity index is 510. The van der Waals surface area contributed by atoms with E-state index in [1.54, 1.807) is 30.1 Å². The number of benzene rings is 1. The molecule has 0 aliphatic heterocycles. The number of amides is 2. The van der Waals surface area contributed by atoms with Crippen LogP contribution in [0, 0.1) is 0 Å².